The lowest BCUT2D eigenvalue weighted by Crippen LogP contribution is -2.31. The van der Waals surface area contributed by atoms with E-state index >= 15 is 0 Å². The number of nitrogens with zero attached hydrogens (tertiary/aromatic N) is 1. The van der Waals surface area contributed by atoms with Gasteiger partial charge in [0.25, 0.3) is 0 Å². The molecular formula is C16H18ClF3N2O2. The molecule has 0 aliphatic carbocycles. The maximum Gasteiger partial charge on any atom is 0.416 e. The summed E-state index contributed by atoms with van der Waals surface area (Å²) in [5.74, 6) is -0.953. The van der Waals surface area contributed by atoms with Gasteiger partial charge in [0.1, 0.15) is 0 Å². The summed E-state index contributed by atoms with van der Waals surface area (Å²) < 4.78 is 38.3. The maximum absolute atomic E-state index is 12.8. The van der Waals surface area contributed by atoms with Crippen LogP contribution in [0.1, 0.15) is 25.8 Å². The van der Waals surface area contributed by atoms with Crippen molar-refractivity contribution < 1.29 is 22.8 Å². The number of amides is 2. The highest BCUT2D eigenvalue weighted by atomic mass is 35.5. The molecule has 1 aliphatic rings. The number of hydrogen-bond donors (Lipinski definition) is 1. The van der Waals surface area contributed by atoms with Gasteiger partial charge in [-0.25, -0.2) is 0 Å². The Morgan fingerprint density at radius 1 is 1.42 bits per heavy atom. The zero-order valence-corrected chi connectivity index (χ0v) is 14.0. The van der Waals surface area contributed by atoms with Crippen LogP contribution in [0.2, 0.25) is 5.02 Å². The van der Waals surface area contributed by atoms with Crippen molar-refractivity contribution in [1.29, 1.82) is 0 Å². The Balaban J connectivity index is 2.09. The van der Waals surface area contributed by atoms with E-state index in [9.17, 15) is 22.8 Å². The fraction of sp³-hybridized carbons (Fsp3) is 0.500. The Hall–Kier alpha value is -1.76. The van der Waals surface area contributed by atoms with E-state index in [1.807, 2.05) is 13.8 Å². The number of likely N-dealkylation sites (tertiary alicyclic amines) is 1. The van der Waals surface area contributed by atoms with Crippen LogP contribution >= 0.6 is 11.6 Å². The van der Waals surface area contributed by atoms with Crippen molar-refractivity contribution in [3.05, 3.63) is 28.8 Å². The number of alkyl halides is 3. The number of nitrogens with one attached hydrogen (secondary N) is 1. The van der Waals surface area contributed by atoms with Gasteiger partial charge in [-0.3, -0.25) is 9.59 Å². The van der Waals surface area contributed by atoms with Crippen LogP contribution in [-0.4, -0.2) is 29.8 Å². The fourth-order valence-corrected chi connectivity index (χ4v) is 2.76. The quantitative estimate of drug-likeness (QED) is 0.885. The molecule has 0 radical (unpaired) electrons. The first kappa shape index (κ1) is 18.6. The molecule has 1 unspecified atom stereocenters. The fourth-order valence-electron chi connectivity index (χ4n) is 2.60. The molecule has 1 N–H and O–H groups in total. The Morgan fingerprint density at radius 3 is 2.67 bits per heavy atom. The van der Waals surface area contributed by atoms with Gasteiger partial charge in [-0.2, -0.15) is 13.2 Å². The van der Waals surface area contributed by atoms with Crippen LogP contribution in [0.15, 0.2) is 18.2 Å². The van der Waals surface area contributed by atoms with E-state index in [0.717, 1.165) is 18.2 Å². The molecule has 1 saturated heterocycles. The van der Waals surface area contributed by atoms with E-state index in [4.69, 9.17) is 11.6 Å². The van der Waals surface area contributed by atoms with Crippen LogP contribution in [0, 0.1) is 11.8 Å². The highest BCUT2D eigenvalue weighted by Crippen LogP contribution is 2.34. The minimum Gasteiger partial charge on any atom is -0.342 e. The van der Waals surface area contributed by atoms with Crippen molar-refractivity contribution >= 4 is 29.1 Å². The molecule has 1 aromatic rings. The molecule has 0 saturated carbocycles. The standard InChI is InChI=1S/C16H18ClF3N2O2/c1-9(2)7-22-8-10(5-14(22)23)15(24)21-13-6-11(16(18,19)20)3-4-12(13)17/h3-4,6,9-10H,5,7-8H2,1-2H3,(H,21,24). The van der Waals surface area contributed by atoms with E-state index in [-0.39, 0.29) is 35.5 Å². The van der Waals surface area contributed by atoms with Gasteiger partial charge < -0.3 is 10.2 Å². The van der Waals surface area contributed by atoms with E-state index in [1.54, 1.807) is 4.90 Å². The van der Waals surface area contributed by atoms with Crippen molar-refractivity contribution in [3.8, 4) is 0 Å². The molecule has 1 atom stereocenters. The van der Waals surface area contributed by atoms with Crippen molar-refractivity contribution in [2.75, 3.05) is 18.4 Å². The molecular weight excluding hydrogens is 345 g/mol. The zero-order valence-electron chi connectivity index (χ0n) is 13.3. The molecule has 8 heteroatoms. The summed E-state index contributed by atoms with van der Waals surface area (Å²) in [6, 6.07) is 2.73. The zero-order chi connectivity index (χ0) is 18.1. The Morgan fingerprint density at radius 2 is 2.08 bits per heavy atom. The third-order valence-electron chi connectivity index (χ3n) is 3.72. The first-order chi connectivity index (χ1) is 11.1. The lowest BCUT2D eigenvalue weighted by Gasteiger charge is -2.19. The molecule has 2 rings (SSSR count). The number of benzene rings is 1. The van der Waals surface area contributed by atoms with Crippen LogP contribution in [0.4, 0.5) is 18.9 Å². The first-order valence-electron chi connectivity index (χ1n) is 7.53. The topological polar surface area (TPSA) is 49.4 Å². The molecule has 1 heterocycles. The number of carbonyl (C=O) groups excluding carboxylic acids is 2. The third-order valence-corrected chi connectivity index (χ3v) is 4.05. The second-order valence-corrected chi connectivity index (χ2v) is 6.68. The van der Waals surface area contributed by atoms with Gasteiger partial charge in [-0.15, -0.1) is 0 Å². The first-order valence-corrected chi connectivity index (χ1v) is 7.91. The molecule has 132 valence electrons. The van der Waals surface area contributed by atoms with E-state index < -0.39 is 23.6 Å². The summed E-state index contributed by atoms with van der Waals surface area (Å²) in [4.78, 5) is 25.8. The average Bonchev–Trinajstić information content (AvgIpc) is 2.80. The van der Waals surface area contributed by atoms with E-state index in [2.05, 4.69) is 5.32 Å². The van der Waals surface area contributed by atoms with Crippen LogP contribution in [0.25, 0.3) is 0 Å². The molecule has 1 aliphatic heterocycles. The van der Waals surface area contributed by atoms with Crippen molar-refractivity contribution in [2.45, 2.75) is 26.4 Å². The highest BCUT2D eigenvalue weighted by Gasteiger charge is 2.35. The van der Waals surface area contributed by atoms with Crippen LogP contribution in [0.3, 0.4) is 0 Å². The number of rotatable bonds is 4. The monoisotopic (exact) mass is 362 g/mol. The summed E-state index contributed by atoms with van der Waals surface area (Å²) in [5, 5.41) is 2.42. The molecule has 4 nitrogen and oxygen atoms in total. The second kappa shape index (κ2) is 7.01. The molecule has 0 spiro atoms. The van der Waals surface area contributed by atoms with Gasteiger partial charge >= 0.3 is 6.18 Å². The summed E-state index contributed by atoms with van der Waals surface area (Å²) in [5.41, 5.74) is -1.00. The second-order valence-electron chi connectivity index (χ2n) is 6.28. The summed E-state index contributed by atoms with van der Waals surface area (Å²) in [6.45, 7) is 4.73. The summed E-state index contributed by atoms with van der Waals surface area (Å²) >= 11 is 5.86. The molecule has 1 fully saturated rings. The maximum atomic E-state index is 12.8. The number of hydrogen-bond acceptors (Lipinski definition) is 2. The Kier molecular flexibility index (Phi) is 5.42. The van der Waals surface area contributed by atoms with E-state index in [0.29, 0.717) is 6.54 Å². The molecule has 1 aromatic carbocycles. The molecule has 2 amide bonds. The Bertz CT molecular complexity index is 647. The van der Waals surface area contributed by atoms with Crippen molar-refractivity contribution in [1.82, 2.24) is 4.90 Å². The smallest absolute Gasteiger partial charge is 0.342 e. The van der Waals surface area contributed by atoms with E-state index in [1.165, 1.54) is 0 Å². The number of anilines is 1. The van der Waals surface area contributed by atoms with Gasteiger partial charge in [0.05, 0.1) is 22.2 Å². The molecule has 0 bridgehead atoms. The van der Waals surface area contributed by atoms with Gasteiger partial charge in [0, 0.05) is 19.5 Å². The van der Waals surface area contributed by atoms with Gasteiger partial charge in [0.15, 0.2) is 0 Å². The van der Waals surface area contributed by atoms with Crippen LogP contribution < -0.4 is 5.32 Å². The summed E-state index contributed by atoms with van der Waals surface area (Å²) in [6.07, 6.45) is -4.48. The van der Waals surface area contributed by atoms with Crippen molar-refractivity contribution in [3.63, 3.8) is 0 Å². The Labute approximate surface area is 143 Å². The van der Waals surface area contributed by atoms with Gasteiger partial charge in [-0.05, 0) is 24.1 Å². The SMILES string of the molecule is CC(C)CN1CC(C(=O)Nc2cc(C(F)(F)F)ccc2Cl)CC1=O. The minimum absolute atomic E-state index is 0.0136. The summed E-state index contributed by atoms with van der Waals surface area (Å²) in [7, 11) is 0. The molecule has 0 aromatic heterocycles. The minimum atomic E-state index is -4.53. The number of halogens is 4. The average molecular weight is 363 g/mol. The number of carbonyl (C=O) groups is 2. The highest BCUT2D eigenvalue weighted by molar-refractivity contribution is 6.33. The lowest BCUT2D eigenvalue weighted by molar-refractivity contribution is -0.137. The predicted molar refractivity (Wildman–Crippen MR) is 84.6 cm³/mol. The van der Waals surface area contributed by atoms with Crippen molar-refractivity contribution in [2.24, 2.45) is 11.8 Å². The third kappa shape index (κ3) is 4.41. The lowest BCUT2D eigenvalue weighted by atomic mass is 10.1. The predicted octanol–water partition coefficient (Wildman–Crippen LogP) is 3.80. The van der Waals surface area contributed by atoms with Gasteiger partial charge in [-0.1, -0.05) is 25.4 Å². The molecule has 24 heavy (non-hydrogen) atoms. The van der Waals surface area contributed by atoms with Gasteiger partial charge in [0.2, 0.25) is 11.8 Å². The van der Waals surface area contributed by atoms with Crippen LogP contribution in [-0.2, 0) is 15.8 Å². The largest absolute Gasteiger partial charge is 0.416 e. The normalized spacial score (nSPS) is 18.4. The van der Waals surface area contributed by atoms with Crippen LogP contribution in [0.5, 0.6) is 0 Å².